The maximum Gasteiger partial charge on any atom is 0.0401 e. The molecule has 0 radical (unpaired) electrons. The van der Waals surface area contributed by atoms with Crippen LogP contribution < -0.4 is 0 Å². The Balaban J connectivity index is 0.00000137. The molecule has 1 heteroatoms. The van der Waals surface area contributed by atoms with Crippen LogP contribution in [0.1, 0.15) is 67.7 Å². The van der Waals surface area contributed by atoms with E-state index in [1.54, 1.807) is 0 Å². The third kappa shape index (κ3) is 5.66. The summed E-state index contributed by atoms with van der Waals surface area (Å²) in [6.07, 6.45) is 10.2. The van der Waals surface area contributed by atoms with Crippen molar-refractivity contribution in [3.05, 3.63) is 23.9 Å². The van der Waals surface area contributed by atoms with Crippen molar-refractivity contribution < 1.29 is 0 Å². The molecular formula is C17H31N. The minimum Gasteiger partial charge on any atom is -0.262 e. The highest BCUT2D eigenvalue weighted by molar-refractivity contribution is 5.99. The molecule has 0 aromatic heterocycles. The van der Waals surface area contributed by atoms with E-state index in [1.807, 2.05) is 20.0 Å². The monoisotopic (exact) mass is 249 g/mol. The second-order valence-corrected chi connectivity index (χ2v) is 5.55. The van der Waals surface area contributed by atoms with Crippen molar-refractivity contribution in [3.63, 3.8) is 0 Å². The van der Waals surface area contributed by atoms with E-state index in [0.29, 0.717) is 5.92 Å². The van der Waals surface area contributed by atoms with Crippen LogP contribution in [-0.4, -0.2) is 5.71 Å². The van der Waals surface area contributed by atoms with E-state index < -0.39 is 0 Å². The Morgan fingerprint density at radius 2 is 1.89 bits per heavy atom. The molecule has 1 rings (SSSR count). The van der Waals surface area contributed by atoms with Gasteiger partial charge < -0.3 is 0 Å². The van der Waals surface area contributed by atoms with Gasteiger partial charge in [0.1, 0.15) is 0 Å². The van der Waals surface area contributed by atoms with Crippen molar-refractivity contribution in [1.29, 1.82) is 0 Å². The summed E-state index contributed by atoms with van der Waals surface area (Å²) in [6.45, 7) is 15.2. The normalized spacial score (nSPS) is 22.9. The summed E-state index contributed by atoms with van der Waals surface area (Å²) in [7, 11) is 0. The standard InChI is InChI=1S/C15H25N.C2H6/c1-6-7-14-11-15(5,10-12(2)3)8-9-16-13(14)4;1-2/h8-9,11-12H,6-7,10H2,1-5H3;1-2H3. The molecule has 0 bridgehead atoms. The molecule has 18 heavy (non-hydrogen) atoms. The predicted molar refractivity (Wildman–Crippen MR) is 84.2 cm³/mol. The smallest absolute Gasteiger partial charge is 0.0401 e. The lowest BCUT2D eigenvalue weighted by Gasteiger charge is -2.24. The fraction of sp³-hybridized carbons (Fsp3) is 0.706. The van der Waals surface area contributed by atoms with Crippen LogP contribution in [0.2, 0.25) is 0 Å². The molecule has 104 valence electrons. The molecule has 1 aliphatic rings. The zero-order valence-electron chi connectivity index (χ0n) is 13.4. The van der Waals surface area contributed by atoms with E-state index >= 15 is 0 Å². The molecule has 0 aromatic carbocycles. The quantitative estimate of drug-likeness (QED) is 0.599. The molecular weight excluding hydrogens is 218 g/mol. The van der Waals surface area contributed by atoms with Gasteiger partial charge in [0.05, 0.1) is 0 Å². The molecule has 0 fully saturated rings. The molecule has 0 aromatic rings. The first-order valence-corrected chi connectivity index (χ1v) is 7.41. The Kier molecular flexibility index (Phi) is 7.90. The van der Waals surface area contributed by atoms with Gasteiger partial charge in [0.15, 0.2) is 0 Å². The van der Waals surface area contributed by atoms with E-state index in [9.17, 15) is 0 Å². The van der Waals surface area contributed by atoms with E-state index in [1.165, 1.54) is 24.1 Å². The third-order valence-corrected chi connectivity index (χ3v) is 3.06. The molecule has 0 saturated heterocycles. The summed E-state index contributed by atoms with van der Waals surface area (Å²) in [5.41, 5.74) is 2.79. The molecule has 0 amide bonds. The van der Waals surface area contributed by atoms with Crippen LogP contribution in [0, 0.1) is 11.3 Å². The van der Waals surface area contributed by atoms with Crippen LogP contribution in [0.25, 0.3) is 0 Å². The number of nitrogens with zero attached hydrogens (tertiary/aromatic N) is 1. The SMILES string of the molecule is CC.CCCC1=CC(C)(CC(C)C)C=CN=C1C. The van der Waals surface area contributed by atoms with Crippen molar-refractivity contribution in [2.45, 2.75) is 67.7 Å². The van der Waals surface area contributed by atoms with E-state index in [4.69, 9.17) is 0 Å². The van der Waals surface area contributed by atoms with Crippen molar-refractivity contribution in [1.82, 2.24) is 0 Å². The van der Waals surface area contributed by atoms with Crippen LogP contribution in [0.3, 0.4) is 0 Å². The Morgan fingerprint density at radius 1 is 1.28 bits per heavy atom. The Bertz CT molecular complexity index is 321. The number of hydrogen-bond donors (Lipinski definition) is 0. The van der Waals surface area contributed by atoms with Gasteiger partial charge in [-0.2, -0.15) is 0 Å². The molecule has 1 nitrogen and oxygen atoms in total. The number of rotatable bonds is 4. The minimum atomic E-state index is 0.180. The molecule has 0 spiro atoms. The summed E-state index contributed by atoms with van der Waals surface area (Å²) in [5, 5.41) is 0. The highest BCUT2D eigenvalue weighted by atomic mass is 14.7. The second kappa shape index (κ2) is 8.29. The summed E-state index contributed by atoms with van der Waals surface area (Å²) in [4.78, 5) is 4.49. The van der Waals surface area contributed by atoms with Crippen molar-refractivity contribution in [2.75, 3.05) is 0 Å². The van der Waals surface area contributed by atoms with Crippen molar-refractivity contribution in [2.24, 2.45) is 16.3 Å². The average molecular weight is 249 g/mol. The zero-order chi connectivity index (χ0) is 14.2. The van der Waals surface area contributed by atoms with Gasteiger partial charge in [-0.3, -0.25) is 4.99 Å². The predicted octanol–water partition coefficient (Wildman–Crippen LogP) is 5.78. The number of allylic oxidation sites excluding steroid dienone is 3. The molecule has 0 N–H and O–H groups in total. The number of hydrogen-bond acceptors (Lipinski definition) is 1. The summed E-state index contributed by atoms with van der Waals surface area (Å²) in [6, 6.07) is 0. The first-order valence-electron chi connectivity index (χ1n) is 7.41. The second-order valence-electron chi connectivity index (χ2n) is 5.55. The Labute approximate surface area is 114 Å². The van der Waals surface area contributed by atoms with Gasteiger partial charge in [-0.15, -0.1) is 0 Å². The van der Waals surface area contributed by atoms with Gasteiger partial charge in [-0.1, -0.05) is 60.1 Å². The van der Waals surface area contributed by atoms with Crippen LogP contribution >= 0.6 is 0 Å². The lowest BCUT2D eigenvalue weighted by molar-refractivity contribution is 0.408. The van der Waals surface area contributed by atoms with E-state index in [0.717, 1.165) is 6.42 Å². The van der Waals surface area contributed by atoms with Crippen molar-refractivity contribution >= 4 is 5.71 Å². The average Bonchev–Trinajstić information content (AvgIpc) is 2.41. The summed E-state index contributed by atoms with van der Waals surface area (Å²) < 4.78 is 0. The minimum absolute atomic E-state index is 0.180. The van der Waals surface area contributed by atoms with Crippen molar-refractivity contribution in [3.8, 4) is 0 Å². The van der Waals surface area contributed by atoms with Gasteiger partial charge in [0.25, 0.3) is 0 Å². The van der Waals surface area contributed by atoms with Crippen LogP contribution in [0.5, 0.6) is 0 Å². The summed E-state index contributed by atoms with van der Waals surface area (Å²) >= 11 is 0. The molecule has 0 aliphatic carbocycles. The van der Waals surface area contributed by atoms with Gasteiger partial charge in [-0.25, -0.2) is 0 Å². The van der Waals surface area contributed by atoms with Gasteiger partial charge in [0.2, 0.25) is 0 Å². The van der Waals surface area contributed by atoms with Gasteiger partial charge in [0, 0.05) is 17.3 Å². The van der Waals surface area contributed by atoms with E-state index in [-0.39, 0.29) is 5.41 Å². The maximum absolute atomic E-state index is 4.49. The molecule has 1 aliphatic heterocycles. The van der Waals surface area contributed by atoms with E-state index in [2.05, 4.69) is 51.8 Å². The maximum atomic E-state index is 4.49. The third-order valence-electron chi connectivity index (χ3n) is 3.06. The largest absolute Gasteiger partial charge is 0.262 e. The van der Waals surface area contributed by atoms with Crippen LogP contribution in [0.4, 0.5) is 0 Å². The molecule has 0 saturated carbocycles. The van der Waals surface area contributed by atoms with Gasteiger partial charge >= 0.3 is 0 Å². The lowest BCUT2D eigenvalue weighted by Crippen LogP contribution is -2.14. The fourth-order valence-electron chi connectivity index (χ4n) is 2.48. The van der Waals surface area contributed by atoms with Crippen LogP contribution in [0.15, 0.2) is 28.9 Å². The zero-order valence-corrected chi connectivity index (χ0v) is 13.4. The Morgan fingerprint density at radius 3 is 2.39 bits per heavy atom. The topological polar surface area (TPSA) is 12.4 Å². The highest BCUT2D eigenvalue weighted by Crippen LogP contribution is 2.33. The number of aliphatic imine (C=N–C) groups is 1. The molecule has 1 heterocycles. The Hall–Kier alpha value is -0.850. The fourth-order valence-corrected chi connectivity index (χ4v) is 2.48. The molecule has 1 atom stereocenters. The lowest BCUT2D eigenvalue weighted by atomic mass is 9.80. The first kappa shape index (κ1) is 17.2. The first-order chi connectivity index (χ1) is 8.47. The van der Waals surface area contributed by atoms with Gasteiger partial charge in [-0.05, 0) is 31.3 Å². The molecule has 1 unspecified atom stereocenters. The highest BCUT2D eigenvalue weighted by Gasteiger charge is 2.22. The summed E-state index contributed by atoms with van der Waals surface area (Å²) in [5.74, 6) is 0.715. The van der Waals surface area contributed by atoms with Crippen LogP contribution in [-0.2, 0) is 0 Å².